The van der Waals surface area contributed by atoms with Crippen molar-refractivity contribution in [1.29, 1.82) is 0 Å². The van der Waals surface area contributed by atoms with Crippen molar-refractivity contribution < 1.29 is 9.50 Å². The molecular formula is C17H22FNO. The summed E-state index contributed by atoms with van der Waals surface area (Å²) in [5.74, 6) is -0.348. The Hall–Kier alpha value is -1.87. The van der Waals surface area contributed by atoms with E-state index in [4.69, 9.17) is 5.73 Å². The number of benzene rings is 2. The van der Waals surface area contributed by atoms with Gasteiger partial charge in [-0.2, -0.15) is 0 Å². The number of halogens is 1. The van der Waals surface area contributed by atoms with Crippen molar-refractivity contribution in [3.8, 4) is 11.1 Å². The summed E-state index contributed by atoms with van der Waals surface area (Å²) >= 11 is 0. The molecule has 0 amide bonds. The van der Waals surface area contributed by atoms with E-state index in [9.17, 15) is 9.50 Å². The number of hydrogen-bond donors (Lipinski definition) is 2. The molecule has 0 radical (unpaired) electrons. The van der Waals surface area contributed by atoms with Crippen LogP contribution in [0.3, 0.4) is 0 Å². The van der Waals surface area contributed by atoms with E-state index in [1.165, 1.54) is 6.07 Å². The van der Waals surface area contributed by atoms with Crippen molar-refractivity contribution in [3.63, 3.8) is 0 Å². The first-order valence-corrected chi connectivity index (χ1v) is 6.76. The molecule has 3 heteroatoms. The highest BCUT2D eigenvalue weighted by Gasteiger charge is 2.17. The van der Waals surface area contributed by atoms with E-state index < -0.39 is 5.60 Å². The molecule has 0 bridgehead atoms. The highest BCUT2D eigenvalue weighted by Crippen LogP contribution is 2.28. The molecule has 0 aromatic heterocycles. The van der Waals surface area contributed by atoms with Crippen LogP contribution in [0.15, 0.2) is 42.5 Å². The maximum atomic E-state index is 14.0. The Balaban J connectivity index is 0.000000956. The van der Waals surface area contributed by atoms with Gasteiger partial charge in [-0.25, -0.2) is 4.39 Å². The number of nitrogen functional groups attached to an aromatic ring is 1. The monoisotopic (exact) mass is 275 g/mol. The van der Waals surface area contributed by atoms with E-state index in [2.05, 4.69) is 0 Å². The molecule has 0 aliphatic carbocycles. The Bertz CT molecular complexity index is 556. The van der Waals surface area contributed by atoms with Crippen molar-refractivity contribution >= 4 is 5.69 Å². The van der Waals surface area contributed by atoms with Crippen molar-refractivity contribution in [2.75, 3.05) is 5.73 Å². The molecule has 0 unspecified atom stereocenters. The highest BCUT2D eigenvalue weighted by molar-refractivity contribution is 5.66. The van der Waals surface area contributed by atoms with Gasteiger partial charge in [0.1, 0.15) is 5.82 Å². The molecule has 2 rings (SSSR count). The average molecular weight is 275 g/mol. The van der Waals surface area contributed by atoms with Gasteiger partial charge >= 0.3 is 0 Å². The standard InChI is InChI=1S/C15H16FNO.C2H6/c1-15(2,18)11-5-8-13(14(16)9-11)10-3-6-12(17)7-4-10;1-2/h3-9,18H,17H2,1-2H3;1-2H3. The Morgan fingerprint density at radius 2 is 1.55 bits per heavy atom. The molecule has 20 heavy (non-hydrogen) atoms. The summed E-state index contributed by atoms with van der Waals surface area (Å²) in [6, 6.07) is 11.8. The number of aliphatic hydroxyl groups is 1. The molecule has 0 aliphatic rings. The van der Waals surface area contributed by atoms with E-state index in [0.717, 1.165) is 5.56 Å². The molecule has 0 aliphatic heterocycles. The molecule has 0 saturated carbocycles. The normalized spacial score (nSPS) is 10.7. The molecular weight excluding hydrogens is 253 g/mol. The zero-order chi connectivity index (χ0) is 15.3. The van der Waals surface area contributed by atoms with Crippen LogP contribution in [0.25, 0.3) is 11.1 Å². The third-order valence-electron chi connectivity index (χ3n) is 2.90. The van der Waals surface area contributed by atoms with Crippen molar-refractivity contribution in [3.05, 3.63) is 53.8 Å². The van der Waals surface area contributed by atoms with E-state index in [0.29, 0.717) is 16.8 Å². The zero-order valence-electron chi connectivity index (χ0n) is 12.4. The molecule has 2 aromatic carbocycles. The molecule has 3 N–H and O–H groups in total. The smallest absolute Gasteiger partial charge is 0.131 e. The maximum Gasteiger partial charge on any atom is 0.131 e. The summed E-state index contributed by atoms with van der Waals surface area (Å²) in [5.41, 5.74) is 7.03. The summed E-state index contributed by atoms with van der Waals surface area (Å²) in [4.78, 5) is 0. The van der Waals surface area contributed by atoms with Crippen LogP contribution in [0.4, 0.5) is 10.1 Å². The first-order chi connectivity index (χ1) is 9.38. The van der Waals surface area contributed by atoms with Gasteiger partial charge in [-0.1, -0.05) is 38.1 Å². The van der Waals surface area contributed by atoms with E-state index >= 15 is 0 Å². The number of anilines is 1. The van der Waals surface area contributed by atoms with Crippen LogP contribution in [0.2, 0.25) is 0 Å². The van der Waals surface area contributed by atoms with Crippen LogP contribution in [-0.2, 0) is 5.60 Å². The third-order valence-corrected chi connectivity index (χ3v) is 2.90. The summed E-state index contributed by atoms with van der Waals surface area (Å²) in [6.45, 7) is 7.26. The zero-order valence-corrected chi connectivity index (χ0v) is 12.4. The predicted octanol–water partition coefficient (Wildman–Crippen LogP) is 4.33. The van der Waals surface area contributed by atoms with Crippen LogP contribution < -0.4 is 5.73 Å². The average Bonchev–Trinajstić information content (AvgIpc) is 2.41. The minimum atomic E-state index is -1.04. The number of rotatable bonds is 2. The van der Waals surface area contributed by atoms with Gasteiger partial charge in [0.2, 0.25) is 0 Å². The van der Waals surface area contributed by atoms with Gasteiger partial charge in [0, 0.05) is 11.3 Å². The van der Waals surface area contributed by atoms with Crippen LogP contribution >= 0.6 is 0 Å². The van der Waals surface area contributed by atoms with Gasteiger partial charge in [0.05, 0.1) is 5.60 Å². The largest absolute Gasteiger partial charge is 0.399 e. The minimum Gasteiger partial charge on any atom is -0.399 e. The molecule has 108 valence electrons. The molecule has 0 spiro atoms. The molecule has 0 atom stereocenters. The summed E-state index contributed by atoms with van der Waals surface area (Å²) < 4.78 is 14.0. The first-order valence-electron chi connectivity index (χ1n) is 6.76. The Kier molecular flexibility index (Phi) is 5.28. The molecule has 0 heterocycles. The van der Waals surface area contributed by atoms with E-state index in [-0.39, 0.29) is 5.82 Å². The second kappa shape index (κ2) is 6.53. The van der Waals surface area contributed by atoms with Crippen molar-refractivity contribution in [2.24, 2.45) is 0 Å². The molecule has 2 nitrogen and oxygen atoms in total. The number of nitrogens with two attached hydrogens (primary N) is 1. The van der Waals surface area contributed by atoms with Gasteiger partial charge in [-0.3, -0.25) is 0 Å². The molecule has 2 aromatic rings. The topological polar surface area (TPSA) is 46.2 Å². The second-order valence-electron chi connectivity index (χ2n) is 4.88. The summed E-state index contributed by atoms with van der Waals surface area (Å²) in [7, 11) is 0. The maximum absolute atomic E-state index is 14.0. The van der Waals surface area contributed by atoms with Crippen LogP contribution in [0.1, 0.15) is 33.3 Å². The van der Waals surface area contributed by atoms with Gasteiger partial charge in [-0.05, 0) is 43.2 Å². The Labute approximate surface area is 120 Å². The lowest BCUT2D eigenvalue weighted by Crippen LogP contribution is -2.15. The third kappa shape index (κ3) is 3.81. The van der Waals surface area contributed by atoms with E-state index in [1.54, 1.807) is 50.2 Å². The minimum absolute atomic E-state index is 0.348. The predicted molar refractivity (Wildman–Crippen MR) is 82.8 cm³/mol. The van der Waals surface area contributed by atoms with E-state index in [1.807, 2.05) is 13.8 Å². The first kappa shape index (κ1) is 16.2. The molecule has 0 fully saturated rings. The number of hydrogen-bond acceptors (Lipinski definition) is 2. The quantitative estimate of drug-likeness (QED) is 0.801. The van der Waals surface area contributed by atoms with Crippen LogP contribution in [0, 0.1) is 5.82 Å². The fourth-order valence-electron chi connectivity index (χ4n) is 1.79. The second-order valence-corrected chi connectivity index (χ2v) is 4.88. The van der Waals surface area contributed by atoms with Gasteiger partial charge in [0.15, 0.2) is 0 Å². The van der Waals surface area contributed by atoms with Gasteiger partial charge in [-0.15, -0.1) is 0 Å². The van der Waals surface area contributed by atoms with Crippen molar-refractivity contribution in [2.45, 2.75) is 33.3 Å². The lowest BCUT2D eigenvalue weighted by molar-refractivity contribution is 0.0782. The van der Waals surface area contributed by atoms with Gasteiger partial charge < -0.3 is 10.8 Å². The van der Waals surface area contributed by atoms with Crippen LogP contribution in [-0.4, -0.2) is 5.11 Å². The SMILES string of the molecule is CC.CC(C)(O)c1ccc(-c2ccc(N)cc2)c(F)c1. The van der Waals surface area contributed by atoms with Crippen LogP contribution in [0.5, 0.6) is 0 Å². The summed E-state index contributed by atoms with van der Waals surface area (Å²) in [6.07, 6.45) is 0. The lowest BCUT2D eigenvalue weighted by atomic mass is 9.95. The molecule has 0 saturated heterocycles. The Morgan fingerprint density at radius 1 is 1.00 bits per heavy atom. The summed E-state index contributed by atoms with van der Waals surface area (Å²) in [5, 5.41) is 9.83. The fraction of sp³-hybridized carbons (Fsp3) is 0.294. The highest BCUT2D eigenvalue weighted by atomic mass is 19.1. The van der Waals surface area contributed by atoms with Gasteiger partial charge in [0.25, 0.3) is 0 Å². The fourth-order valence-corrected chi connectivity index (χ4v) is 1.79. The lowest BCUT2D eigenvalue weighted by Gasteiger charge is -2.18. The van der Waals surface area contributed by atoms with Crippen molar-refractivity contribution in [1.82, 2.24) is 0 Å². The Morgan fingerprint density at radius 3 is 2.00 bits per heavy atom.